The quantitative estimate of drug-likeness (QED) is 0.429. The molecular weight excluding hydrogens is 390 g/mol. The topological polar surface area (TPSA) is 71.8 Å². The molecule has 4 heterocycles. The van der Waals surface area contributed by atoms with E-state index >= 15 is 0 Å². The second-order valence-corrected chi connectivity index (χ2v) is 7.29. The molecular formula is C22H16ClN3O3. The lowest BCUT2D eigenvalue weighted by atomic mass is 10.00. The lowest BCUT2D eigenvalue weighted by Crippen LogP contribution is -2.27. The Morgan fingerprint density at radius 1 is 1.14 bits per heavy atom. The minimum atomic E-state index is -0.418. The summed E-state index contributed by atoms with van der Waals surface area (Å²) in [6.07, 6.45) is 3.50. The number of fused-ring (bicyclic) bond motifs is 1. The van der Waals surface area contributed by atoms with Crippen LogP contribution >= 0.6 is 11.6 Å². The third-order valence-corrected chi connectivity index (χ3v) is 5.27. The molecule has 0 radical (unpaired) electrons. The van der Waals surface area contributed by atoms with Gasteiger partial charge in [0.15, 0.2) is 5.76 Å². The Morgan fingerprint density at radius 2 is 1.97 bits per heavy atom. The molecule has 1 unspecified atom stereocenters. The second kappa shape index (κ2) is 6.90. The monoisotopic (exact) mass is 405 g/mol. The Bertz CT molecular complexity index is 1230. The molecule has 5 rings (SSSR count). The van der Waals surface area contributed by atoms with Crippen molar-refractivity contribution >= 4 is 34.1 Å². The van der Waals surface area contributed by atoms with Crippen LogP contribution in [0.15, 0.2) is 75.0 Å². The summed E-state index contributed by atoms with van der Waals surface area (Å²) in [6, 6.07) is 14.4. The van der Waals surface area contributed by atoms with Crippen molar-refractivity contribution in [1.29, 1.82) is 0 Å². The van der Waals surface area contributed by atoms with Crippen LogP contribution in [0.5, 0.6) is 0 Å². The van der Waals surface area contributed by atoms with E-state index < -0.39 is 6.04 Å². The van der Waals surface area contributed by atoms with Gasteiger partial charge in [-0.15, -0.1) is 0 Å². The van der Waals surface area contributed by atoms with Gasteiger partial charge in [-0.25, -0.2) is 9.99 Å². The minimum absolute atomic E-state index is 0.208. The number of carbonyl (C=O) groups is 1. The van der Waals surface area contributed by atoms with Crippen LogP contribution in [0.25, 0.3) is 10.9 Å². The summed E-state index contributed by atoms with van der Waals surface area (Å²) in [5.74, 6) is 0.479. The highest BCUT2D eigenvalue weighted by Gasteiger charge is 2.37. The van der Waals surface area contributed by atoms with Crippen LogP contribution in [0.2, 0.25) is 5.15 Å². The molecule has 4 aromatic rings. The van der Waals surface area contributed by atoms with Gasteiger partial charge in [-0.3, -0.25) is 4.79 Å². The molecule has 7 heteroatoms. The first-order chi connectivity index (χ1) is 14.1. The molecule has 1 aromatic carbocycles. The highest BCUT2D eigenvalue weighted by Crippen LogP contribution is 2.38. The van der Waals surface area contributed by atoms with Crippen LogP contribution in [0.1, 0.15) is 39.9 Å². The summed E-state index contributed by atoms with van der Waals surface area (Å²) in [7, 11) is 0. The molecule has 1 aliphatic rings. The maximum Gasteiger partial charge on any atom is 0.310 e. The molecule has 1 atom stereocenters. The average Bonchev–Trinajstić information content (AvgIpc) is 3.48. The molecule has 1 amide bonds. The van der Waals surface area contributed by atoms with Gasteiger partial charge in [0.1, 0.15) is 16.6 Å². The zero-order valence-corrected chi connectivity index (χ0v) is 16.3. The number of aromatic nitrogens is 1. The fourth-order valence-electron chi connectivity index (χ4n) is 3.55. The van der Waals surface area contributed by atoms with Gasteiger partial charge in [-0.2, -0.15) is 5.10 Å². The molecule has 0 aliphatic carbocycles. The Labute approximate surface area is 171 Å². The molecule has 0 spiro atoms. The summed E-state index contributed by atoms with van der Waals surface area (Å²) in [4.78, 5) is 17.6. The van der Waals surface area contributed by atoms with Crippen molar-refractivity contribution in [3.63, 3.8) is 0 Å². The van der Waals surface area contributed by atoms with E-state index in [4.69, 9.17) is 20.4 Å². The van der Waals surface area contributed by atoms with Crippen LogP contribution in [0.3, 0.4) is 0 Å². The molecule has 29 heavy (non-hydrogen) atoms. The van der Waals surface area contributed by atoms with Crippen LogP contribution < -0.4 is 0 Å². The van der Waals surface area contributed by atoms with Gasteiger partial charge >= 0.3 is 5.91 Å². The van der Waals surface area contributed by atoms with E-state index in [0.717, 1.165) is 22.0 Å². The minimum Gasteiger partial charge on any atom is -0.463 e. The molecule has 144 valence electrons. The van der Waals surface area contributed by atoms with Gasteiger partial charge in [-0.1, -0.05) is 23.7 Å². The summed E-state index contributed by atoms with van der Waals surface area (Å²) >= 11 is 6.56. The maximum absolute atomic E-state index is 13.1. The Balaban J connectivity index is 1.60. The Morgan fingerprint density at radius 3 is 2.72 bits per heavy atom. The fourth-order valence-corrected chi connectivity index (χ4v) is 3.82. The van der Waals surface area contributed by atoms with Crippen LogP contribution in [0, 0.1) is 6.92 Å². The zero-order chi connectivity index (χ0) is 20.0. The Hall–Kier alpha value is -3.38. The van der Waals surface area contributed by atoms with Crippen molar-refractivity contribution in [3.05, 3.63) is 88.9 Å². The number of hydrazone groups is 1. The average molecular weight is 406 g/mol. The van der Waals surface area contributed by atoms with Crippen LogP contribution in [-0.2, 0) is 0 Å². The molecule has 1 aliphatic heterocycles. The van der Waals surface area contributed by atoms with Crippen molar-refractivity contribution in [2.24, 2.45) is 5.10 Å². The number of hydrogen-bond acceptors (Lipinski definition) is 5. The highest BCUT2D eigenvalue weighted by molar-refractivity contribution is 6.30. The number of carbonyl (C=O) groups excluding carboxylic acids is 1. The standard InChI is InChI=1S/C22H16ClN3O3/c1-13-6-7-14-11-15(21(23)24-16(14)10-13)18-12-17(19-4-2-8-28-19)25-26(18)22(27)20-5-3-9-29-20/h2-11,18H,12H2,1H3. The SMILES string of the molecule is Cc1ccc2cc(C3CC(c4ccco4)=NN3C(=O)c3ccco3)c(Cl)nc2c1. The van der Waals surface area contributed by atoms with Crippen molar-refractivity contribution in [3.8, 4) is 0 Å². The third-order valence-electron chi connectivity index (χ3n) is 4.97. The van der Waals surface area contributed by atoms with Gasteiger partial charge < -0.3 is 8.83 Å². The maximum atomic E-state index is 13.1. The predicted octanol–water partition coefficient (Wildman–Crippen LogP) is 5.37. The number of halogens is 1. The number of nitrogens with zero attached hydrogens (tertiary/aromatic N) is 3. The summed E-state index contributed by atoms with van der Waals surface area (Å²) < 4.78 is 10.8. The van der Waals surface area contributed by atoms with E-state index in [9.17, 15) is 4.79 Å². The first-order valence-corrected chi connectivity index (χ1v) is 9.53. The van der Waals surface area contributed by atoms with E-state index in [1.165, 1.54) is 11.3 Å². The van der Waals surface area contributed by atoms with E-state index in [1.807, 2.05) is 37.3 Å². The van der Waals surface area contributed by atoms with Gasteiger partial charge in [-0.05, 0) is 48.9 Å². The zero-order valence-electron chi connectivity index (χ0n) is 15.5. The van der Waals surface area contributed by atoms with Crippen molar-refractivity contribution < 1.29 is 13.6 Å². The van der Waals surface area contributed by atoms with Gasteiger partial charge in [0.25, 0.3) is 0 Å². The van der Waals surface area contributed by atoms with Crippen molar-refractivity contribution in [2.75, 3.05) is 0 Å². The number of amides is 1. The van der Waals surface area contributed by atoms with E-state index in [2.05, 4.69) is 10.1 Å². The molecule has 0 saturated heterocycles. The van der Waals surface area contributed by atoms with Gasteiger partial charge in [0.2, 0.25) is 0 Å². The fraction of sp³-hybridized carbons (Fsp3) is 0.136. The van der Waals surface area contributed by atoms with Crippen LogP contribution in [0.4, 0.5) is 0 Å². The summed E-state index contributed by atoms with van der Waals surface area (Å²) in [5.41, 5.74) is 3.31. The summed E-state index contributed by atoms with van der Waals surface area (Å²) in [5, 5.41) is 7.24. The lowest BCUT2D eigenvalue weighted by Gasteiger charge is -2.22. The van der Waals surface area contributed by atoms with Crippen molar-refractivity contribution in [1.82, 2.24) is 9.99 Å². The van der Waals surface area contributed by atoms with E-state index in [0.29, 0.717) is 23.0 Å². The molecule has 0 saturated carbocycles. The number of benzene rings is 1. The summed E-state index contributed by atoms with van der Waals surface area (Å²) in [6.45, 7) is 2.01. The van der Waals surface area contributed by atoms with E-state index in [-0.39, 0.29) is 11.7 Å². The molecule has 3 aromatic heterocycles. The first kappa shape index (κ1) is 17.7. The smallest absolute Gasteiger partial charge is 0.310 e. The van der Waals surface area contributed by atoms with Crippen LogP contribution in [-0.4, -0.2) is 21.6 Å². The number of hydrogen-bond donors (Lipinski definition) is 0. The Kier molecular flexibility index (Phi) is 4.21. The van der Waals surface area contributed by atoms with Crippen molar-refractivity contribution in [2.45, 2.75) is 19.4 Å². The lowest BCUT2D eigenvalue weighted by molar-refractivity contribution is 0.0678. The number of aryl methyl sites for hydroxylation is 1. The predicted molar refractivity (Wildman–Crippen MR) is 109 cm³/mol. The normalized spacial score (nSPS) is 16.4. The number of pyridine rings is 1. The molecule has 0 fully saturated rings. The molecule has 6 nitrogen and oxygen atoms in total. The number of rotatable bonds is 3. The van der Waals surface area contributed by atoms with Gasteiger partial charge in [0.05, 0.1) is 24.1 Å². The number of furan rings is 2. The second-order valence-electron chi connectivity index (χ2n) is 6.94. The molecule has 0 N–H and O–H groups in total. The molecule has 0 bridgehead atoms. The third kappa shape index (κ3) is 3.11. The van der Waals surface area contributed by atoms with E-state index in [1.54, 1.807) is 24.5 Å². The van der Waals surface area contributed by atoms with Gasteiger partial charge in [0, 0.05) is 17.4 Å². The highest BCUT2D eigenvalue weighted by atomic mass is 35.5. The first-order valence-electron chi connectivity index (χ1n) is 9.15. The largest absolute Gasteiger partial charge is 0.463 e.